The lowest BCUT2D eigenvalue weighted by atomic mass is 10.2. The molecule has 0 saturated heterocycles. The summed E-state index contributed by atoms with van der Waals surface area (Å²) in [6, 6.07) is 22.0. The van der Waals surface area contributed by atoms with Gasteiger partial charge in [0.15, 0.2) is 6.61 Å². The number of aromatic nitrogens is 2. The number of aryl methyl sites for hydroxylation is 1. The smallest absolute Gasteiger partial charge is 0.338 e. The molecule has 1 heterocycles. The van der Waals surface area contributed by atoms with Crippen LogP contribution in [0.2, 0.25) is 0 Å². The Morgan fingerprint density at radius 3 is 2.42 bits per heavy atom. The third-order valence-corrected chi connectivity index (χ3v) is 6.72. The molecule has 0 aliphatic heterocycles. The molecule has 0 unspecified atom stereocenters. The summed E-state index contributed by atoms with van der Waals surface area (Å²) in [4.78, 5) is 12.5. The first-order chi connectivity index (χ1) is 15.8. The van der Waals surface area contributed by atoms with Crippen molar-refractivity contribution in [3.05, 3.63) is 95.9 Å². The van der Waals surface area contributed by atoms with Gasteiger partial charge in [0, 0.05) is 12.6 Å². The number of anilines is 1. The number of hydrogen-bond acceptors (Lipinski definition) is 7. The standard InChI is InChI=1S/C24H21N3O5S/c1-17-11-13-20(14-12-17)27(2)33(29,30)21-10-6-9-19(15-21)24(28)31-16-22-25-26-23(32-22)18-7-4-3-5-8-18/h3-15H,16H2,1-2H3. The molecule has 0 aliphatic carbocycles. The minimum absolute atomic E-state index is 0.0239. The van der Waals surface area contributed by atoms with Gasteiger partial charge in [0.2, 0.25) is 5.89 Å². The van der Waals surface area contributed by atoms with Gasteiger partial charge in [-0.2, -0.15) is 0 Å². The van der Waals surface area contributed by atoms with Crippen LogP contribution in [0.5, 0.6) is 0 Å². The van der Waals surface area contributed by atoms with Crippen molar-refractivity contribution in [3.8, 4) is 11.5 Å². The lowest BCUT2D eigenvalue weighted by Gasteiger charge is -2.20. The summed E-state index contributed by atoms with van der Waals surface area (Å²) in [5.74, 6) is -0.261. The van der Waals surface area contributed by atoms with Gasteiger partial charge in [-0.15, -0.1) is 10.2 Å². The first kappa shape index (κ1) is 22.2. The second kappa shape index (κ2) is 9.25. The van der Waals surface area contributed by atoms with E-state index in [-0.39, 0.29) is 23.0 Å². The van der Waals surface area contributed by atoms with Crippen molar-refractivity contribution < 1.29 is 22.4 Å². The van der Waals surface area contributed by atoms with Crippen molar-refractivity contribution in [2.75, 3.05) is 11.4 Å². The fourth-order valence-corrected chi connectivity index (χ4v) is 4.30. The van der Waals surface area contributed by atoms with E-state index in [0.717, 1.165) is 11.1 Å². The third kappa shape index (κ3) is 4.93. The molecule has 0 atom stereocenters. The van der Waals surface area contributed by atoms with Crippen LogP contribution in [0.25, 0.3) is 11.5 Å². The van der Waals surface area contributed by atoms with Gasteiger partial charge in [-0.25, -0.2) is 13.2 Å². The topological polar surface area (TPSA) is 103 Å². The van der Waals surface area contributed by atoms with Crippen molar-refractivity contribution in [1.29, 1.82) is 0 Å². The van der Waals surface area contributed by atoms with E-state index < -0.39 is 16.0 Å². The van der Waals surface area contributed by atoms with Crippen LogP contribution in [0, 0.1) is 6.92 Å². The highest BCUT2D eigenvalue weighted by Gasteiger charge is 2.23. The van der Waals surface area contributed by atoms with Gasteiger partial charge in [-0.3, -0.25) is 4.31 Å². The number of carbonyl (C=O) groups excluding carboxylic acids is 1. The van der Waals surface area contributed by atoms with Gasteiger partial charge >= 0.3 is 5.97 Å². The number of carbonyl (C=O) groups is 1. The van der Waals surface area contributed by atoms with E-state index in [1.54, 1.807) is 12.1 Å². The zero-order valence-electron chi connectivity index (χ0n) is 18.0. The Labute approximate surface area is 191 Å². The molecule has 0 spiro atoms. The summed E-state index contributed by atoms with van der Waals surface area (Å²) in [6.07, 6.45) is 0. The predicted molar refractivity (Wildman–Crippen MR) is 122 cm³/mol. The lowest BCUT2D eigenvalue weighted by Crippen LogP contribution is -2.26. The van der Waals surface area contributed by atoms with Crippen LogP contribution < -0.4 is 4.31 Å². The molecule has 0 saturated carbocycles. The van der Waals surface area contributed by atoms with E-state index in [4.69, 9.17) is 9.15 Å². The Balaban J connectivity index is 1.46. The number of ether oxygens (including phenoxy) is 1. The molecule has 4 aromatic rings. The highest BCUT2D eigenvalue weighted by molar-refractivity contribution is 7.92. The number of benzene rings is 3. The second-order valence-corrected chi connectivity index (χ2v) is 9.25. The van der Waals surface area contributed by atoms with Crippen molar-refractivity contribution in [2.24, 2.45) is 0 Å². The Hall–Kier alpha value is -3.98. The number of esters is 1. The number of nitrogens with zero attached hydrogens (tertiary/aromatic N) is 3. The van der Waals surface area contributed by atoms with Crippen LogP contribution in [0.3, 0.4) is 0 Å². The molecule has 0 bridgehead atoms. The number of sulfonamides is 1. The average Bonchev–Trinajstić information content (AvgIpc) is 3.32. The maximum absolute atomic E-state index is 13.0. The number of hydrogen-bond donors (Lipinski definition) is 0. The molecule has 9 heteroatoms. The zero-order chi connectivity index (χ0) is 23.4. The summed E-state index contributed by atoms with van der Waals surface area (Å²) in [5.41, 5.74) is 2.37. The maximum atomic E-state index is 13.0. The summed E-state index contributed by atoms with van der Waals surface area (Å²) in [6.45, 7) is 1.68. The summed E-state index contributed by atoms with van der Waals surface area (Å²) in [5, 5.41) is 7.83. The molecule has 0 amide bonds. The minimum Gasteiger partial charge on any atom is -0.452 e. The average molecular weight is 464 g/mol. The van der Waals surface area contributed by atoms with E-state index in [0.29, 0.717) is 11.6 Å². The van der Waals surface area contributed by atoms with E-state index in [9.17, 15) is 13.2 Å². The highest BCUT2D eigenvalue weighted by Crippen LogP contribution is 2.23. The van der Waals surface area contributed by atoms with Crippen LogP contribution in [0.15, 0.2) is 88.2 Å². The van der Waals surface area contributed by atoms with Crippen LogP contribution in [-0.2, 0) is 21.4 Å². The van der Waals surface area contributed by atoms with Gasteiger partial charge in [0.05, 0.1) is 16.1 Å². The molecule has 0 N–H and O–H groups in total. The summed E-state index contributed by atoms with van der Waals surface area (Å²) < 4.78 is 38.0. The minimum atomic E-state index is -3.87. The Morgan fingerprint density at radius 2 is 1.70 bits per heavy atom. The van der Waals surface area contributed by atoms with E-state index in [1.807, 2.05) is 49.4 Å². The van der Waals surface area contributed by atoms with Gasteiger partial charge in [0.1, 0.15) is 0 Å². The van der Waals surface area contributed by atoms with Crippen LogP contribution in [0.4, 0.5) is 5.69 Å². The van der Waals surface area contributed by atoms with Crippen LogP contribution >= 0.6 is 0 Å². The Morgan fingerprint density at radius 1 is 0.970 bits per heavy atom. The molecule has 0 radical (unpaired) electrons. The second-order valence-electron chi connectivity index (χ2n) is 7.28. The summed E-state index contributed by atoms with van der Waals surface area (Å²) in [7, 11) is -2.41. The van der Waals surface area contributed by atoms with Crippen molar-refractivity contribution in [3.63, 3.8) is 0 Å². The van der Waals surface area contributed by atoms with Crippen molar-refractivity contribution in [1.82, 2.24) is 10.2 Å². The van der Waals surface area contributed by atoms with Crippen molar-refractivity contribution in [2.45, 2.75) is 18.4 Å². The van der Waals surface area contributed by atoms with E-state index >= 15 is 0 Å². The summed E-state index contributed by atoms with van der Waals surface area (Å²) >= 11 is 0. The SMILES string of the molecule is Cc1ccc(N(C)S(=O)(=O)c2cccc(C(=O)OCc3nnc(-c4ccccc4)o3)c2)cc1. The fraction of sp³-hybridized carbons (Fsp3) is 0.125. The number of rotatable bonds is 7. The van der Waals surface area contributed by atoms with Gasteiger partial charge in [0.25, 0.3) is 15.9 Å². The molecule has 3 aromatic carbocycles. The quantitative estimate of drug-likeness (QED) is 0.378. The molecular weight excluding hydrogens is 442 g/mol. The molecule has 0 fully saturated rings. The molecule has 168 valence electrons. The Kier molecular flexibility index (Phi) is 6.23. The predicted octanol–water partition coefficient (Wildman–Crippen LogP) is 4.23. The van der Waals surface area contributed by atoms with Crippen LogP contribution in [-0.4, -0.2) is 31.6 Å². The molecule has 4 rings (SSSR count). The monoisotopic (exact) mass is 463 g/mol. The maximum Gasteiger partial charge on any atom is 0.338 e. The van der Waals surface area contributed by atoms with Gasteiger partial charge in [-0.05, 0) is 49.4 Å². The zero-order valence-corrected chi connectivity index (χ0v) is 18.8. The third-order valence-electron chi connectivity index (χ3n) is 4.94. The fourth-order valence-electron chi connectivity index (χ4n) is 3.06. The molecule has 0 aliphatic rings. The molecule has 33 heavy (non-hydrogen) atoms. The normalized spacial score (nSPS) is 11.2. The van der Waals surface area contributed by atoms with E-state index in [2.05, 4.69) is 10.2 Å². The largest absolute Gasteiger partial charge is 0.452 e. The van der Waals surface area contributed by atoms with Crippen LogP contribution in [0.1, 0.15) is 21.8 Å². The van der Waals surface area contributed by atoms with Crippen molar-refractivity contribution >= 4 is 21.7 Å². The Bertz CT molecular complexity index is 1370. The van der Waals surface area contributed by atoms with Gasteiger partial charge < -0.3 is 9.15 Å². The first-order valence-corrected chi connectivity index (χ1v) is 11.5. The molecule has 1 aromatic heterocycles. The van der Waals surface area contributed by atoms with E-state index in [1.165, 1.54) is 35.6 Å². The first-order valence-electron chi connectivity index (χ1n) is 10.1. The highest BCUT2D eigenvalue weighted by atomic mass is 32.2. The lowest BCUT2D eigenvalue weighted by molar-refractivity contribution is 0.0438. The molecular formula is C24H21N3O5S. The molecule has 8 nitrogen and oxygen atoms in total. The van der Waals surface area contributed by atoms with Gasteiger partial charge in [-0.1, -0.05) is 42.0 Å².